The number of fused-ring (bicyclic) bond motifs is 1. The van der Waals surface area contributed by atoms with Gasteiger partial charge in [0.1, 0.15) is 30.0 Å². The van der Waals surface area contributed by atoms with Crippen molar-refractivity contribution in [2.75, 3.05) is 13.7 Å². The average Bonchev–Trinajstić information content (AvgIpc) is 2.89. The van der Waals surface area contributed by atoms with Crippen molar-refractivity contribution in [2.45, 2.75) is 13.5 Å². The first-order valence-electron chi connectivity index (χ1n) is 10.8. The van der Waals surface area contributed by atoms with Gasteiger partial charge in [0.15, 0.2) is 0 Å². The van der Waals surface area contributed by atoms with Gasteiger partial charge in [0.05, 0.1) is 30.2 Å². The topological polar surface area (TPSA) is 101 Å². The van der Waals surface area contributed by atoms with Gasteiger partial charge in [-0.2, -0.15) is 0 Å². The fraction of sp³-hybridized carbons (Fsp3) is 0.148. The molecule has 0 radical (unpaired) electrons. The summed E-state index contributed by atoms with van der Waals surface area (Å²) in [6, 6.07) is 18.0. The Morgan fingerprint density at radius 1 is 0.857 bits per heavy atom. The van der Waals surface area contributed by atoms with E-state index in [1.54, 1.807) is 73.7 Å². The molecule has 0 spiro atoms. The van der Waals surface area contributed by atoms with Crippen LogP contribution in [0.1, 0.15) is 33.2 Å². The van der Waals surface area contributed by atoms with Crippen LogP contribution in [0, 0.1) is 0 Å². The molecule has 178 valence electrons. The standard InChI is InChI=1S/C27H22O8/c1-3-32-27(30)19-8-10-20(11-9-19)35-24-16-34-23-14-21(12-13-22(23)25(24)28)33-15-17-4-6-18(7-5-17)26(29)31-2/h4-14,16H,3,15H2,1-2H3. The molecule has 4 aromatic rings. The fourth-order valence-corrected chi connectivity index (χ4v) is 3.27. The predicted octanol–water partition coefficient (Wildman–Crippen LogP) is 5.13. The van der Waals surface area contributed by atoms with Crippen molar-refractivity contribution in [3.05, 3.63) is 99.9 Å². The summed E-state index contributed by atoms with van der Waals surface area (Å²) in [5.41, 5.74) is 1.70. The van der Waals surface area contributed by atoms with E-state index in [1.807, 2.05) is 0 Å². The third-order valence-electron chi connectivity index (χ3n) is 5.09. The van der Waals surface area contributed by atoms with E-state index in [4.69, 9.17) is 18.6 Å². The summed E-state index contributed by atoms with van der Waals surface area (Å²) in [5, 5.41) is 0.334. The highest BCUT2D eigenvalue weighted by Gasteiger charge is 2.12. The lowest BCUT2D eigenvalue weighted by molar-refractivity contribution is 0.0525. The number of carbonyl (C=O) groups is 2. The quantitative estimate of drug-likeness (QED) is 0.324. The SMILES string of the molecule is CCOC(=O)c1ccc(Oc2coc3cc(OCc4ccc(C(=O)OC)cc4)ccc3c2=O)cc1. The van der Waals surface area contributed by atoms with Crippen molar-refractivity contribution in [2.24, 2.45) is 0 Å². The highest BCUT2D eigenvalue weighted by Crippen LogP contribution is 2.25. The first-order valence-corrected chi connectivity index (χ1v) is 10.8. The Kier molecular flexibility index (Phi) is 7.11. The van der Waals surface area contributed by atoms with Crippen LogP contribution in [0.4, 0.5) is 0 Å². The summed E-state index contributed by atoms with van der Waals surface area (Å²) in [5.74, 6) is 0.0732. The second-order valence-electron chi connectivity index (χ2n) is 7.41. The van der Waals surface area contributed by atoms with Crippen LogP contribution in [-0.2, 0) is 16.1 Å². The molecular weight excluding hydrogens is 452 g/mol. The number of methoxy groups -OCH3 is 1. The molecule has 4 rings (SSSR count). The number of benzene rings is 3. The summed E-state index contributed by atoms with van der Waals surface area (Å²) >= 11 is 0. The van der Waals surface area contributed by atoms with Gasteiger partial charge in [-0.05, 0) is 61.0 Å². The Bertz CT molecular complexity index is 1400. The molecule has 0 unspecified atom stereocenters. The first-order chi connectivity index (χ1) is 17.0. The van der Waals surface area contributed by atoms with E-state index in [1.165, 1.54) is 13.4 Å². The highest BCUT2D eigenvalue weighted by molar-refractivity contribution is 5.89. The summed E-state index contributed by atoms with van der Waals surface area (Å²) < 4.78 is 26.7. The van der Waals surface area contributed by atoms with E-state index < -0.39 is 11.9 Å². The number of carbonyl (C=O) groups excluding carboxylic acids is 2. The molecule has 1 aromatic heterocycles. The van der Waals surface area contributed by atoms with Crippen molar-refractivity contribution in [3.8, 4) is 17.2 Å². The van der Waals surface area contributed by atoms with Crippen molar-refractivity contribution in [1.82, 2.24) is 0 Å². The summed E-state index contributed by atoms with van der Waals surface area (Å²) in [6.07, 6.45) is 1.24. The van der Waals surface area contributed by atoms with E-state index >= 15 is 0 Å². The Morgan fingerprint density at radius 2 is 1.51 bits per heavy atom. The van der Waals surface area contributed by atoms with Gasteiger partial charge >= 0.3 is 11.9 Å². The maximum atomic E-state index is 12.9. The van der Waals surface area contributed by atoms with Gasteiger partial charge in [0, 0.05) is 6.07 Å². The van der Waals surface area contributed by atoms with Crippen molar-refractivity contribution < 1.29 is 33.0 Å². The van der Waals surface area contributed by atoms with Gasteiger partial charge in [0.2, 0.25) is 11.2 Å². The van der Waals surface area contributed by atoms with Gasteiger partial charge < -0.3 is 23.4 Å². The fourth-order valence-electron chi connectivity index (χ4n) is 3.27. The molecule has 8 heteroatoms. The van der Waals surface area contributed by atoms with Gasteiger partial charge in [-0.3, -0.25) is 4.79 Å². The predicted molar refractivity (Wildman–Crippen MR) is 127 cm³/mol. The molecule has 1 heterocycles. The average molecular weight is 474 g/mol. The van der Waals surface area contributed by atoms with Crippen LogP contribution in [0.2, 0.25) is 0 Å². The molecule has 0 aliphatic heterocycles. The molecule has 0 saturated heterocycles. The Morgan fingerprint density at radius 3 is 2.20 bits per heavy atom. The summed E-state index contributed by atoms with van der Waals surface area (Å²) in [6.45, 7) is 2.28. The number of hydrogen-bond acceptors (Lipinski definition) is 8. The second kappa shape index (κ2) is 10.6. The maximum Gasteiger partial charge on any atom is 0.338 e. The van der Waals surface area contributed by atoms with Gasteiger partial charge in [-0.1, -0.05) is 12.1 Å². The zero-order chi connectivity index (χ0) is 24.8. The van der Waals surface area contributed by atoms with Crippen molar-refractivity contribution in [1.29, 1.82) is 0 Å². The number of esters is 2. The van der Waals surface area contributed by atoms with Gasteiger partial charge in [-0.25, -0.2) is 9.59 Å². The van der Waals surface area contributed by atoms with E-state index in [2.05, 4.69) is 4.74 Å². The minimum atomic E-state index is -0.430. The summed E-state index contributed by atoms with van der Waals surface area (Å²) in [4.78, 5) is 36.1. The molecule has 0 aliphatic carbocycles. The monoisotopic (exact) mass is 474 g/mol. The van der Waals surface area contributed by atoms with Gasteiger partial charge in [-0.15, -0.1) is 0 Å². The van der Waals surface area contributed by atoms with E-state index in [-0.39, 0.29) is 24.4 Å². The lowest BCUT2D eigenvalue weighted by Crippen LogP contribution is -2.06. The largest absolute Gasteiger partial charge is 0.489 e. The van der Waals surface area contributed by atoms with Crippen molar-refractivity contribution >= 4 is 22.9 Å². The van der Waals surface area contributed by atoms with Crippen LogP contribution < -0.4 is 14.9 Å². The lowest BCUT2D eigenvalue weighted by atomic mass is 10.1. The number of ether oxygens (including phenoxy) is 4. The molecule has 0 aliphatic rings. The molecule has 0 bridgehead atoms. The van der Waals surface area contributed by atoms with Crippen LogP contribution in [0.25, 0.3) is 11.0 Å². The molecule has 0 amide bonds. The smallest absolute Gasteiger partial charge is 0.338 e. The lowest BCUT2D eigenvalue weighted by Gasteiger charge is -2.09. The first kappa shape index (κ1) is 23.6. The molecule has 0 saturated carbocycles. The molecule has 0 N–H and O–H groups in total. The second-order valence-corrected chi connectivity index (χ2v) is 7.41. The Balaban J connectivity index is 1.45. The molecule has 35 heavy (non-hydrogen) atoms. The number of hydrogen-bond donors (Lipinski definition) is 0. The molecule has 0 atom stereocenters. The third kappa shape index (κ3) is 5.50. The van der Waals surface area contributed by atoms with Crippen LogP contribution in [0.3, 0.4) is 0 Å². The van der Waals surface area contributed by atoms with Crippen LogP contribution in [-0.4, -0.2) is 25.7 Å². The minimum absolute atomic E-state index is 0.0146. The van der Waals surface area contributed by atoms with E-state index in [9.17, 15) is 14.4 Å². The van der Waals surface area contributed by atoms with Gasteiger partial charge in [0.25, 0.3) is 0 Å². The zero-order valence-corrected chi connectivity index (χ0v) is 19.1. The number of rotatable bonds is 8. The van der Waals surface area contributed by atoms with Crippen LogP contribution >= 0.6 is 0 Å². The highest BCUT2D eigenvalue weighted by atomic mass is 16.5. The maximum absolute atomic E-state index is 12.9. The van der Waals surface area contributed by atoms with Crippen LogP contribution in [0.15, 0.2) is 82.2 Å². The van der Waals surface area contributed by atoms with E-state index in [0.717, 1.165) is 5.56 Å². The third-order valence-corrected chi connectivity index (χ3v) is 5.09. The molecule has 8 nitrogen and oxygen atoms in total. The Hall–Kier alpha value is -4.59. The van der Waals surface area contributed by atoms with Crippen LogP contribution in [0.5, 0.6) is 17.2 Å². The zero-order valence-electron chi connectivity index (χ0n) is 19.1. The molecule has 0 fully saturated rings. The van der Waals surface area contributed by atoms with E-state index in [0.29, 0.717) is 33.6 Å². The van der Waals surface area contributed by atoms with Crippen molar-refractivity contribution in [3.63, 3.8) is 0 Å². The normalized spacial score (nSPS) is 10.6. The minimum Gasteiger partial charge on any atom is -0.489 e. The molecular formula is C27H22O8. The Labute approximate surface area is 200 Å². The summed E-state index contributed by atoms with van der Waals surface area (Å²) in [7, 11) is 1.33. The molecule has 3 aromatic carbocycles.